The number of anilines is 1. The molecule has 30 heavy (non-hydrogen) atoms. The zero-order chi connectivity index (χ0) is 21.7. The van der Waals surface area contributed by atoms with Crippen LogP contribution >= 0.6 is 11.3 Å². The summed E-state index contributed by atoms with van der Waals surface area (Å²) in [6, 6.07) is 14.8. The summed E-state index contributed by atoms with van der Waals surface area (Å²) >= 11 is 1.42. The van der Waals surface area contributed by atoms with Gasteiger partial charge in [0.15, 0.2) is 5.13 Å². The Hall–Kier alpha value is -2.93. The Morgan fingerprint density at radius 1 is 1.10 bits per heavy atom. The predicted molar refractivity (Wildman–Crippen MR) is 121 cm³/mol. The van der Waals surface area contributed by atoms with Gasteiger partial charge in [-0.05, 0) is 50.5 Å². The predicted octanol–water partition coefficient (Wildman–Crippen LogP) is 4.93. The van der Waals surface area contributed by atoms with Crippen molar-refractivity contribution in [3.63, 3.8) is 0 Å². The number of amides is 2. The maximum atomic E-state index is 13.0. The van der Waals surface area contributed by atoms with Crippen molar-refractivity contribution in [1.82, 2.24) is 10.3 Å². The standard InChI is InChI=1S/C23H27N3O3S/c1-5-15-11-12-17-19(14-15)30-21(24-17)26-20(27)18(13-16-9-7-6-8-10-16)25-22(28)29-23(2,3)4/h6-12,14,18H,5,13H2,1-4H3,(H,25,28)(H,24,26,27). The van der Waals surface area contributed by atoms with Gasteiger partial charge < -0.3 is 15.4 Å². The van der Waals surface area contributed by atoms with Crippen LogP contribution in [0.1, 0.15) is 38.8 Å². The van der Waals surface area contributed by atoms with Crippen LogP contribution in [-0.4, -0.2) is 28.6 Å². The number of ether oxygens (including phenoxy) is 1. The van der Waals surface area contributed by atoms with Crippen LogP contribution in [0.4, 0.5) is 9.93 Å². The van der Waals surface area contributed by atoms with Crippen molar-refractivity contribution in [2.75, 3.05) is 5.32 Å². The molecule has 1 atom stereocenters. The molecule has 2 amide bonds. The Bertz CT molecular complexity index is 1030. The number of rotatable bonds is 6. The number of nitrogens with zero attached hydrogens (tertiary/aromatic N) is 1. The van der Waals surface area contributed by atoms with Crippen LogP contribution in [0.5, 0.6) is 0 Å². The molecule has 3 aromatic rings. The fraction of sp³-hybridized carbons (Fsp3) is 0.348. The van der Waals surface area contributed by atoms with Gasteiger partial charge in [0.05, 0.1) is 10.2 Å². The summed E-state index contributed by atoms with van der Waals surface area (Å²) in [5, 5.41) is 6.06. The molecule has 0 bridgehead atoms. The molecule has 6 nitrogen and oxygen atoms in total. The minimum Gasteiger partial charge on any atom is -0.444 e. The highest BCUT2D eigenvalue weighted by atomic mass is 32.1. The summed E-state index contributed by atoms with van der Waals surface area (Å²) in [6.45, 7) is 7.45. The maximum Gasteiger partial charge on any atom is 0.408 e. The van der Waals surface area contributed by atoms with Crippen LogP contribution in [0, 0.1) is 0 Å². The molecule has 2 N–H and O–H groups in total. The molecule has 1 unspecified atom stereocenters. The van der Waals surface area contributed by atoms with E-state index in [0.29, 0.717) is 11.6 Å². The lowest BCUT2D eigenvalue weighted by atomic mass is 10.1. The van der Waals surface area contributed by atoms with Gasteiger partial charge in [0.1, 0.15) is 11.6 Å². The normalized spacial score (nSPS) is 12.4. The average molecular weight is 426 g/mol. The molecule has 0 aliphatic rings. The second-order valence-corrected chi connectivity index (χ2v) is 9.08. The Morgan fingerprint density at radius 2 is 1.83 bits per heavy atom. The number of benzene rings is 2. The number of nitrogens with one attached hydrogen (secondary N) is 2. The zero-order valence-electron chi connectivity index (χ0n) is 17.7. The summed E-state index contributed by atoms with van der Waals surface area (Å²) in [5.41, 5.74) is 2.34. The third-order valence-corrected chi connectivity index (χ3v) is 5.31. The van der Waals surface area contributed by atoms with Gasteiger partial charge in [-0.15, -0.1) is 0 Å². The summed E-state index contributed by atoms with van der Waals surface area (Å²) in [6.07, 6.45) is 0.654. The van der Waals surface area contributed by atoms with E-state index in [9.17, 15) is 9.59 Å². The minimum atomic E-state index is -0.791. The van der Waals surface area contributed by atoms with Gasteiger partial charge in [0.25, 0.3) is 0 Å². The molecule has 1 aromatic heterocycles. The monoisotopic (exact) mass is 425 g/mol. The third-order valence-electron chi connectivity index (χ3n) is 4.38. The number of carbonyl (C=O) groups is 2. The summed E-state index contributed by atoms with van der Waals surface area (Å²) in [5.74, 6) is -0.334. The number of thiazole rings is 1. The van der Waals surface area contributed by atoms with Gasteiger partial charge in [0, 0.05) is 6.42 Å². The topological polar surface area (TPSA) is 80.3 Å². The van der Waals surface area contributed by atoms with Gasteiger partial charge >= 0.3 is 6.09 Å². The van der Waals surface area contributed by atoms with E-state index in [-0.39, 0.29) is 5.91 Å². The number of carbonyl (C=O) groups excluding carboxylic acids is 2. The first kappa shape index (κ1) is 21.8. The molecule has 0 fully saturated rings. The van der Waals surface area contributed by atoms with E-state index in [1.54, 1.807) is 20.8 Å². The largest absolute Gasteiger partial charge is 0.444 e. The third kappa shape index (κ3) is 6.03. The van der Waals surface area contributed by atoms with Crippen molar-refractivity contribution in [2.24, 2.45) is 0 Å². The number of fused-ring (bicyclic) bond motifs is 1. The number of alkyl carbamates (subject to hydrolysis) is 1. The summed E-state index contributed by atoms with van der Waals surface area (Å²) in [4.78, 5) is 29.8. The van der Waals surface area contributed by atoms with Crippen molar-refractivity contribution in [2.45, 2.75) is 52.2 Å². The highest BCUT2D eigenvalue weighted by Crippen LogP contribution is 2.27. The lowest BCUT2D eigenvalue weighted by Crippen LogP contribution is -2.47. The molecule has 0 spiro atoms. The van der Waals surface area contributed by atoms with Crippen LogP contribution in [0.3, 0.4) is 0 Å². The van der Waals surface area contributed by atoms with Crippen LogP contribution in [0.25, 0.3) is 10.2 Å². The molecule has 0 radical (unpaired) electrons. The van der Waals surface area contributed by atoms with Crippen molar-refractivity contribution in [3.8, 4) is 0 Å². The lowest BCUT2D eigenvalue weighted by Gasteiger charge is -2.23. The van der Waals surface area contributed by atoms with Gasteiger partial charge in [-0.3, -0.25) is 4.79 Å². The number of aryl methyl sites for hydroxylation is 1. The van der Waals surface area contributed by atoms with E-state index in [2.05, 4.69) is 28.6 Å². The SMILES string of the molecule is CCc1ccc2nc(NC(=O)C(Cc3ccccc3)NC(=O)OC(C)(C)C)sc2c1. The van der Waals surface area contributed by atoms with Gasteiger partial charge in [-0.1, -0.05) is 54.7 Å². The Balaban J connectivity index is 1.77. The fourth-order valence-electron chi connectivity index (χ4n) is 2.94. The summed E-state index contributed by atoms with van der Waals surface area (Å²) in [7, 11) is 0. The zero-order valence-corrected chi connectivity index (χ0v) is 18.5. The molecule has 0 saturated carbocycles. The van der Waals surface area contributed by atoms with E-state index < -0.39 is 17.7 Å². The molecule has 7 heteroatoms. The van der Waals surface area contributed by atoms with Crippen LogP contribution in [0.2, 0.25) is 0 Å². The highest BCUT2D eigenvalue weighted by molar-refractivity contribution is 7.22. The molecule has 0 aliphatic carbocycles. The Morgan fingerprint density at radius 3 is 2.50 bits per heavy atom. The van der Waals surface area contributed by atoms with Crippen molar-refractivity contribution >= 4 is 38.7 Å². The molecule has 158 valence electrons. The quantitative estimate of drug-likeness (QED) is 0.587. The van der Waals surface area contributed by atoms with Crippen LogP contribution < -0.4 is 10.6 Å². The average Bonchev–Trinajstić information content (AvgIpc) is 3.08. The van der Waals surface area contributed by atoms with Crippen LogP contribution in [0.15, 0.2) is 48.5 Å². The van der Waals surface area contributed by atoms with Crippen LogP contribution in [-0.2, 0) is 22.4 Å². The minimum absolute atomic E-state index is 0.334. The van der Waals surface area contributed by atoms with Crippen molar-refractivity contribution in [1.29, 1.82) is 0 Å². The van der Waals surface area contributed by atoms with E-state index >= 15 is 0 Å². The van der Waals surface area contributed by atoms with Gasteiger partial charge in [-0.25, -0.2) is 9.78 Å². The fourth-order valence-corrected chi connectivity index (χ4v) is 3.88. The van der Waals surface area contributed by atoms with E-state index in [0.717, 1.165) is 22.2 Å². The van der Waals surface area contributed by atoms with Crippen molar-refractivity contribution in [3.05, 3.63) is 59.7 Å². The summed E-state index contributed by atoms with van der Waals surface area (Å²) < 4.78 is 6.35. The van der Waals surface area contributed by atoms with Gasteiger partial charge in [0.2, 0.25) is 5.91 Å². The first-order chi connectivity index (χ1) is 14.2. The smallest absolute Gasteiger partial charge is 0.408 e. The second kappa shape index (κ2) is 9.26. The molecular formula is C23H27N3O3S. The maximum absolute atomic E-state index is 13.0. The lowest BCUT2D eigenvalue weighted by molar-refractivity contribution is -0.118. The number of aromatic nitrogens is 1. The second-order valence-electron chi connectivity index (χ2n) is 8.05. The number of hydrogen-bond acceptors (Lipinski definition) is 5. The molecular weight excluding hydrogens is 398 g/mol. The Labute approximate surface area is 180 Å². The highest BCUT2D eigenvalue weighted by Gasteiger charge is 2.25. The molecule has 1 heterocycles. The molecule has 3 rings (SSSR count). The van der Waals surface area contributed by atoms with E-state index in [1.807, 2.05) is 42.5 Å². The van der Waals surface area contributed by atoms with E-state index in [4.69, 9.17) is 4.74 Å². The first-order valence-corrected chi connectivity index (χ1v) is 10.8. The molecule has 2 aromatic carbocycles. The van der Waals surface area contributed by atoms with Crippen molar-refractivity contribution < 1.29 is 14.3 Å². The van der Waals surface area contributed by atoms with Gasteiger partial charge in [-0.2, -0.15) is 0 Å². The molecule has 0 saturated heterocycles. The Kier molecular flexibility index (Phi) is 6.72. The number of hydrogen-bond donors (Lipinski definition) is 2. The first-order valence-electron chi connectivity index (χ1n) is 9.97. The molecule has 0 aliphatic heterocycles. The van der Waals surface area contributed by atoms with E-state index in [1.165, 1.54) is 16.9 Å².